The smallest absolute Gasteiger partial charge is 0.116 e. The van der Waals surface area contributed by atoms with Gasteiger partial charge in [0.1, 0.15) is 5.76 Å². The van der Waals surface area contributed by atoms with E-state index in [2.05, 4.69) is 13.2 Å². The first-order valence-electron chi connectivity index (χ1n) is 4.50. The number of allylic oxidation sites excluding steroid dienone is 3. The third-order valence-corrected chi connectivity index (χ3v) is 1.91. The standard InChI is InChI=1S/C13H13NO/c1-10(9-14)8-13(11(2)15)12-6-4-3-5-7-12/h3-9,14-15H,1-2H2/b13-8+,14-9?. The number of nitrogens with one attached hydrogen (secondary N) is 1. The van der Waals surface area contributed by atoms with Crippen molar-refractivity contribution in [2.45, 2.75) is 0 Å². The molecule has 0 spiro atoms. The van der Waals surface area contributed by atoms with E-state index < -0.39 is 0 Å². The van der Waals surface area contributed by atoms with E-state index in [1.165, 1.54) is 0 Å². The van der Waals surface area contributed by atoms with Crippen molar-refractivity contribution in [1.29, 1.82) is 5.41 Å². The largest absolute Gasteiger partial charge is 0.508 e. The first kappa shape index (κ1) is 11.0. The Morgan fingerprint density at radius 3 is 2.27 bits per heavy atom. The van der Waals surface area contributed by atoms with Crippen LogP contribution in [0.3, 0.4) is 0 Å². The number of hydrogen-bond acceptors (Lipinski definition) is 2. The molecule has 0 saturated carbocycles. The van der Waals surface area contributed by atoms with Gasteiger partial charge in [0.05, 0.1) is 0 Å². The van der Waals surface area contributed by atoms with Crippen LogP contribution < -0.4 is 0 Å². The van der Waals surface area contributed by atoms with Gasteiger partial charge in [0.25, 0.3) is 0 Å². The van der Waals surface area contributed by atoms with Gasteiger partial charge in [-0.25, -0.2) is 0 Å². The number of hydrogen-bond donors (Lipinski definition) is 2. The summed E-state index contributed by atoms with van der Waals surface area (Å²) in [6.45, 7) is 7.14. The number of benzene rings is 1. The van der Waals surface area contributed by atoms with Gasteiger partial charge < -0.3 is 10.5 Å². The quantitative estimate of drug-likeness (QED) is 0.436. The molecule has 1 aromatic carbocycles. The van der Waals surface area contributed by atoms with Gasteiger partial charge in [0, 0.05) is 11.8 Å². The molecule has 0 atom stereocenters. The molecule has 2 N–H and O–H groups in total. The maximum Gasteiger partial charge on any atom is 0.116 e. The van der Waals surface area contributed by atoms with Crippen molar-refractivity contribution in [2.24, 2.45) is 0 Å². The van der Waals surface area contributed by atoms with Crippen molar-refractivity contribution in [3.8, 4) is 0 Å². The van der Waals surface area contributed by atoms with Crippen LogP contribution in [0.2, 0.25) is 0 Å². The molecule has 0 radical (unpaired) electrons. The number of aliphatic hydroxyl groups excluding tert-OH is 1. The molecule has 0 aromatic heterocycles. The van der Waals surface area contributed by atoms with Crippen molar-refractivity contribution in [3.63, 3.8) is 0 Å². The predicted octanol–water partition coefficient (Wildman–Crippen LogP) is 3.35. The molecule has 0 amide bonds. The molecule has 0 saturated heterocycles. The minimum Gasteiger partial charge on any atom is -0.508 e. The first-order valence-corrected chi connectivity index (χ1v) is 4.50. The first-order chi connectivity index (χ1) is 7.15. The van der Waals surface area contributed by atoms with Crippen molar-refractivity contribution in [1.82, 2.24) is 0 Å². The second kappa shape index (κ2) is 4.96. The summed E-state index contributed by atoms with van der Waals surface area (Å²) in [7, 11) is 0. The molecule has 0 heterocycles. The summed E-state index contributed by atoms with van der Waals surface area (Å²) in [6.07, 6.45) is 2.76. The number of rotatable bonds is 4. The van der Waals surface area contributed by atoms with E-state index in [0.29, 0.717) is 11.1 Å². The maximum atomic E-state index is 9.43. The fourth-order valence-electron chi connectivity index (χ4n) is 1.18. The van der Waals surface area contributed by atoms with E-state index in [0.717, 1.165) is 11.8 Å². The normalized spacial score (nSPS) is 10.8. The molecule has 2 nitrogen and oxygen atoms in total. The molecule has 0 aliphatic heterocycles. The van der Waals surface area contributed by atoms with Crippen LogP contribution >= 0.6 is 0 Å². The fraction of sp³-hybridized carbons (Fsp3) is 0. The van der Waals surface area contributed by atoms with E-state index in [9.17, 15) is 5.11 Å². The van der Waals surface area contributed by atoms with E-state index in [-0.39, 0.29) is 5.76 Å². The van der Waals surface area contributed by atoms with E-state index in [1.807, 2.05) is 30.3 Å². The zero-order valence-electron chi connectivity index (χ0n) is 8.40. The summed E-state index contributed by atoms with van der Waals surface area (Å²) in [5.41, 5.74) is 1.96. The van der Waals surface area contributed by atoms with Crippen molar-refractivity contribution < 1.29 is 5.11 Å². The van der Waals surface area contributed by atoms with Crippen LogP contribution in [-0.4, -0.2) is 11.3 Å². The van der Waals surface area contributed by atoms with Gasteiger partial charge in [0.2, 0.25) is 0 Å². The Labute approximate surface area is 89.4 Å². The molecular weight excluding hydrogens is 186 g/mol. The molecule has 0 unspecified atom stereocenters. The average Bonchev–Trinajstić information content (AvgIpc) is 2.26. The van der Waals surface area contributed by atoms with Gasteiger partial charge in [-0.05, 0) is 17.2 Å². The lowest BCUT2D eigenvalue weighted by Gasteiger charge is -2.05. The van der Waals surface area contributed by atoms with Crippen LogP contribution in [0.15, 0.2) is 60.9 Å². The Hall–Kier alpha value is -2.09. The molecule has 0 aliphatic rings. The third-order valence-electron chi connectivity index (χ3n) is 1.91. The fourth-order valence-corrected chi connectivity index (χ4v) is 1.18. The summed E-state index contributed by atoms with van der Waals surface area (Å²) in [5, 5.41) is 16.5. The van der Waals surface area contributed by atoms with Crippen LogP contribution in [0.5, 0.6) is 0 Å². The molecule has 0 bridgehead atoms. The predicted molar refractivity (Wildman–Crippen MR) is 64.1 cm³/mol. The lowest BCUT2D eigenvalue weighted by Crippen LogP contribution is -1.89. The lowest BCUT2D eigenvalue weighted by atomic mass is 10.0. The molecule has 76 valence electrons. The second-order valence-electron chi connectivity index (χ2n) is 3.09. The third kappa shape index (κ3) is 2.95. The highest BCUT2D eigenvalue weighted by Crippen LogP contribution is 2.20. The van der Waals surface area contributed by atoms with Crippen LogP contribution in [-0.2, 0) is 0 Å². The Balaban J connectivity index is 3.15. The van der Waals surface area contributed by atoms with Gasteiger partial charge >= 0.3 is 0 Å². The van der Waals surface area contributed by atoms with Crippen LogP contribution in [0.4, 0.5) is 0 Å². The van der Waals surface area contributed by atoms with Crippen molar-refractivity contribution in [2.75, 3.05) is 0 Å². The highest BCUT2D eigenvalue weighted by molar-refractivity contribution is 5.87. The molecule has 2 heteroatoms. The molecule has 15 heavy (non-hydrogen) atoms. The Morgan fingerprint density at radius 1 is 1.20 bits per heavy atom. The summed E-state index contributed by atoms with van der Waals surface area (Å²) in [6, 6.07) is 9.38. The molecule has 1 rings (SSSR count). The highest BCUT2D eigenvalue weighted by Gasteiger charge is 2.03. The Kier molecular flexibility index (Phi) is 3.63. The summed E-state index contributed by atoms with van der Waals surface area (Å²) in [4.78, 5) is 0. The van der Waals surface area contributed by atoms with Crippen molar-refractivity contribution >= 4 is 11.8 Å². The monoisotopic (exact) mass is 199 g/mol. The number of aliphatic hydroxyl groups is 1. The summed E-state index contributed by atoms with van der Waals surface area (Å²) >= 11 is 0. The molecule has 1 aromatic rings. The Morgan fingerprint density at radius 2 is 1.80 bits per heavy atom. The Bertz CT molecular complexity index is 415. The molecular formula is C13H13NO. The lowest BCUT2D eigenvalue weighted by molar-refractivity contribution is 0.440. The van der Waals surface area contributed by atoms with Crippen LogP contribution in [0.25, 0.3) is 5.57 Å². The minimum absolute atomic E-state index is 0.0239. The summed E-state index contributed by atoms with van der Waals surface area (Å²) in [5.74, 6) is -0.0239. The second-order valence-corrected chi connectivity index (χ2v) is 3.09. The zero-order chi connectivity index (χ0) is 11.3. The highest BCUT2D eigenvalue weighted by atomic mass is 16.3. The van der Waals surface area contributed by atoms with Gasteiger partial charge in [0.15, 0.2) is 0 Å². The van der Waals surface area contributed by atoms with E-state index >= 15 is 0 Å². The SMILES string of the molecule is C=C(C=N)/C=C(\C(=C)O)c1ccccc1. The van der Waals surface area contributed by atoms with Gasteiger partial charge in [-0.3, -0.25) is 0 Å². The maximum absolute atomic E-state index is 9.43. The minimum atomic E-state index is -0.0239. The van der Waals surface area contributed by atoms with E-state index in [1.54, 1.807) is 6.08 Å². The molecule has 0 aliphatic carbocycles. The topological polar surface area (TPSA) is 44.1 Å². The zero-order valence-corrected chi connectivity index (χ0v) is 8.40. The van der Waals surface area contributed by atoms with Gasteiger partial charge in [-0.15, -0.1) is 0 Å². The van der Waals surface area contributed by atoms with E-state index in [4.69, 9.17) is 5.41 Å². The summed E-state index contributed by atoms with van der Waals surface area (Å²) < 4.78 is 0. The van der Waals surface area contributed by atoms with Gasteiger partial charge in [-0.2, -0.15) is 0 Å². The van der Waals surface area contributed by atoms with Crippen LogP contribution in [0, 0.1) is 5.41 Å². The molecule has 0 fully saturated rings. The van der Waals surface area contributed by atoms with Crippen molar-refractivity contribution in [3.05, 3.63) is 66.5 Å². The van der Waals surface area contributed by atoms with Gasteiger partial charge in [-0.1, -0.05) is 43.5 Å². The average molecular weight is 199 g/mol. The van der Waals surface area contributed by atoms with Crippen LogP contribution in [0.1, 0.15) is 5.56 Å².